The highest BCUT2D eigenvalue weighted by molar-refractivity contribution is 5.15. The van der Waals surface area contributed by atoms with Crippen LogP contribution < -0.4 is 0 Å². The van der Waals surface area contributed by atoms with Crippen molar-refractivity contribution in [3.8, 4) is 0 Å². The summed E-state index contributed by atoms with van der Waals surface area (Å²) in [7, 11) is 2.02. The zero-order chi connectivity index (χ0) is 10.7. The van der Waals surface area contributed by atoms with Gasteiger partial charge in [-0.15, -0.1) is 0 Å². The fourth-order valence-electron chi connectivity index (χ4n) is 2.16. The molecule has 14 heavy (non-hydrogen) atoms. The molecule has 0 bridgehead atoms. The van der Waals surface area contributed by atoms with Crippen molar-refractivity contribution in [2.45, 2.75) is 45.4 Å². The fourth-order valence-corrected chi connectivity index (χ4v) is 2.16. The van der Waals surface area contributed by atoms with Gasteiger partial charge in [-0.1, -0.05) is 0 Å². The van der Waals surface area contributed by atoms with Crippen molar-refractivity contribution >= 4 is 0 Å². The Balaban J connectivity index is 2.64. The molecule has 82 valence electrons. The van der Waals surface area contributed by atoms with Gasteiger partial charge in [0.2, 0.25) is 0 Å². The summed E-state index contributed by atoms with van der Waals surface area (Å²) in [5, 5.41) is 0. The van der Waals surface area contributed by atoms with Crippen molar-refractivity contribution in [1.82, 2.24) is 4.90 Å². The summed E-state index contributed by atoms with van der Waals surface area (Å²) in [4.78, 5) is 2.15. The van der Waals surface area contributed by atoms with E-state index in [0.717, 1.165) is 24.9 Å². The first kappa shape index (κ1) is 11.7. The number of hydrogen-bond acceptors (Lipinski definition) is 2. The van der Waals surface area contributed by atoms with Crippen molar-refractivity contribution in [2.75, 3.05) is 13.6 Å². The first-order valence-corrected chi connectivity index (χ1v) is 5.21. The highest BCUT2D eigenvalue weighted by Crippen LogP contribution is 2.26. The summed E-state index contributed by atoms with van der Waals surface area (Å²) >= 11 is 0. The largest absolute Gasteiger partial charge is 0.374 e. The Labute approximate surface area is 85.7 Å². The highest BCUT2D eigenvalue weighted by atomic mass is 19.1. The molecule has 1 aliphatic heterocycles. The zero-order valence-electron chi connectivity index (χ0n) is 9.46. The molecular formula is C11H20FNO. The van der Waals surface area contributed by atoms with Crippen molar-refractivity contribution in [3.05, 3.63) is 11.9 Å². The molecule has 0 aromatic rings. The summed E-state index contributed by atoms with van der Waals surface area (Å²) in [6.45, 7) is 6.94. The normalized spacial score (nSPS) is 29.0. The molecule has 0 amide bonds. The minimum Gasteiger partial charge on any atom is -0.374 e. The molecule has 0 radical (unpaired) electrons. The van der Waals surface area contributed by atoms with E-state index in [2.05, 4.69) is 4.90 Å². The van der Waals surface area contributed by atoms with Crippen LogP contribution in [-0.2, 0) is 4.74 Å². The molecule has 1 unspecified atom stereocenters. The van der Waals surface area contributed by atoms with Crippen molar-refractivity contribution < 1.29 is 9.13 Å². The second-order valence-corrected chi connectivity index (χ2v) is 4.25. The molecule has 0 spiro atoms. The Morgan fingerprint density at radius 2 is 2.14 bits per heavy atom. The molecule has 1 saturated heterocycles. The van der Waals surface area contributed by atoms with Gasteiger partial charge in [0, 0.05) is 6.54 Å². The van der Waals surface area contributed by atoms with Crippen LogP contribution in [0.15, 0.2) is 11.9 Å². The van der Waals surface area contributed by atoms with Crippen LogP contribution in [0.4, 0.5) is 4.39 Å². The fraction of sp³-hybridized carbons (Fsp3) is 0.818. The average Bonchev–Trinajstić information content (AvgIpc) is 2.45. The second kappa shape index (κ2) is 4.89. The van der Waals surface area contributed by atoms with Crippen LogP contribution in [0.2, 0.25) is 0 Å². The monoisotopic (exact) mass is 201 g/mol. The Morgan fingerprint density at radius 3 is 2.64 bits per heavy atom. The molecule has 0 aromatic carbocycles. The summed E-state index contributed by atoms with van der Waals surface area (Å²) in [5.41, 5.74) is 0.862. The molecule has 0 saturated carbocycles. The number of halogens is 1. The van der Waals surface area contributed by atoms with Crippen LogP contribution >= 0.6 is 0 Å². The second-order valence-electron chi connectivity index (χ2n) is 4.25. The number of hydrogen-bond donors (Lipinski definition) is 0. The standard InChI is InChI=1S/C11H20FNO/c1-8(2)14-9(3)11-10(7-12)5-6-13(11)4/h7-9,11H,5-6H2,1-4H3/b10-7-/t9?,11-/m1/s1. The minimum atomic E-state index is 0.0597. The molecular weight excluding hydrogens is 181 g/mol. The Hall–Kier alpha value is -0.410. The average molecular weight is 201 g/mol. The quantitative estimate of drug-likeness (QED) is 0.695. The van der Waals surface area contributed by atoms with Gasteiger partial charge in [0.15, 0.2) is 0 Å². The molecule has 1 heterocycles. The molecule has 2 nitrogen and oxygen atoms in total. The first-order valence-electron chi connectivity index (χ1n) is 5.21. The van der Waals surface area contributed by atoms with Gasteiger partial charge < -0.3 is 4.74 Å². The van der Waals surface area contributed by atoms with Crippen LogP contribution in [0.1, 0.15) is 27.2 Å². The number of nitrogens with zero attached hydrogens (tertiary/aromatic N) is 1. The molecule has 3 heteroatoms. The Kier molecular flexibility index (Phi) is 4.08. The van der Waals surface area contributed by atoms with Crippen LogP contribution in [0.5, 0.6) is 0 Å². The van der Waals surface area contributed by atoms with Gasteiger partial charge >= 0.3 is 0 Å². The maximum absolute atomic E-state index is 12.6. The summed E-state index contributed by atoms with van der Waals surface area (Å²) in [5.74, 6) is 0. The van der Waals surface area contributed by atoms with Gasteiger partial charge in [-0.25, -0.2) is 4.39 Å². The van der Waals surface area contributed by atoms with Gasteiger partial charge in [0.05, 0.1) is 24.6 Å². The van der Waals surface area contributed by atoms with Crippen LogP contribution in [0, 0.1) is 0 Å². The topological polar surface area (TPSA) is 12.5 Å². The van der Waals surface area contributed by atoms with Crippen molar-refractivity contribution in [3.63, 3.8) is 0 Å². The zero-order valence-corrected chi connectivity index (χ0v) is 9.46. The van der Waals surface area contributed by atoms with Crippen LogP contribution in [0.3, 0.4) is 0 Å². The summed E-state index contributed by atoms with van der Waals surface area (Å²) in [6.07, 6.45) is 1.82. The maximum atomic E-state index is 12.6. The molecule has 0 aromatic heterocycles. The third-order valence-electron chi connectivity index (χ3n) is 2.68. The third kappa shape index (κ3) is 2.55. The van der Waals surface area contributed by atoms with E-state index < -0.39 is 0 Å². The summed E-state index contributed by atoms with van der Waals surface area (Å²) in [6, 6.07) is 0.113. The van der Waals surface area contributed by atoms with E-state index in [0.29, 0.717) is 0 Å². The van der Waals surface area contributed by atoms with Gasteiger partial charge in [-0.2, -0.15) is 0 Å². The number of likely N-dealkylation sites (N-methyl/N-ethyl adjacent to an activating group) is 1. The lowest BCUT2D eigenvalue weighted by Gasteiger charge is -2.28. The maximum Gasteiger partial charge on any atom is 0.0876 e. The summed E-state index contributed by atoms with van der Waals surface area (Å²) < 4.78 is 18.3. The number of ether oxygens (including phenoxy) is 1. The van der Waals surface area contributed by atoms with E-state index in [1.807, 2.05) is 27.8 Å². The molecule has 1 aliphatic rings. The van der Waals surface area contributed by atoms with E-state index in [-0.39, 0.29) is 18.2 Å². The molecule has 0 N–H and O–H groups in total. The van der Waals surface area contributed by atoms with E-state index in [4.69, 9.17) is 4.74 Å². The van der Waals surface area contributed by atoms with E-state index in [1.54, 1.807) is 0 Å². The van der Waals surface area contributed by atoms with Crippen LogP contribution in [0.25, 0.3) is 0 Å². The minimum absolute atomic E-state index is 0.0597. The SMILES string of the molecule is CC(C)OC(C)[C@@H]1/C(=C\F)CCN1C. The lowest BCUT2D eigenvalue weighted by Crippen LogP contribution is -2.38. The van der Waals surface area contributed by atoms with Gasteiger partial charge in [-0.3, -0.25) is 4.90 Å². The third-order valence-corrected chi connectivity index (χ3v) is 2.68. The predicted molar refractivity (Wildman–Crippen MR) is 55.9 cm³/mol. The molecule has 1 fully saturated rings. The van der Waals surface area contributed by atoms with Gasteiger partial charge in [0.25, 0.3) is 0 Å². The lowest BCUT2D eigenvalue weighted by molar-refractivity contribution is -0.0127. The smallest absolute Gasteiger partial charge is 0.0876 e. The number of likely N-dealkylation sites (tertiary alicyclic amines) is 1. The Bertz CT molecular complexity index is 215. The molecule has 1 rings (SSSR count). The molecule has 2 atom stereocenters. The lowest BCUT2D eigenvalue weighted by atomic mass is 10.1. The first-order chi connectivity index (χ1) is 6.56. The van der Waals surface area contributed by atoms with E-state index in [9.17, 15) is 4.39 Å². The van der Waals surface area contributed by atoms with E-state index >= 15 is 0 Å². The predicted octanol–water partition coefficient (Wildman–Crippen LogP) is 2.36. The number of rotatable bonds is 3. The van der Waals surface area contributed by atoms with Crippen LogP contribution in [-0.4, -0.2) is 36.7 Å². The molecule has 0 aliphatic carbocycles. The van der Waals surface area contributed by atoms with Gasteiger partial charge in [0.1, 0.15) is 0 Å². The highest BCUT2D eigenvalue weighted by Gasteiger charge is 2.32. The van der Waals surface area contributed by atoms with Crippen molar-refractivity contribution in [1.29, 1.82) is 0 Å². The van der Waals surface area contributed by atoms with Crippen molar-refractivity contribution in [2.24, 2.45) is 0 Å². The van der Waals surface area contributed by atoms with Gasteiger partial charge in [-0.05, 0) is 39.8 Å². The van der Waals surface area contributed by atoms with E-state index in [1.165, 1.54) is 0 Å². The Morgan fingerprint density at radius 1 is 1.50 bits per heavy atom.